The monoisotopic (exact) mass is 279 g/mol. The van der Waals surface area contributed by atoms with Crippen LogP contribution < -0.4 is 15.8 Å². The number of hydrogen-bond donors (Lipinski definition) is 2. The van der Waals surface area contributed by atoms with Crippen molar-refractivity contribution in [3.63, 3.8) is 0 Å². The van der Waals surface area contributed by atoms with E-state index in [0.29, 0.717) is 13.0 Å². The summed E-state index contributed by atoms with van der Waals surface area (Å²) in [6, 6.07) is 5.79. The van der Waals surface area contributed by atoms with Crippen LogP contribution in [-0.4, -0.2) is 23.5 Å². The van der Waals surface area contributed by atoms with Gasteiger partial charge in [-0.2, -0.15) is 0 Å². The summed E-state index contributed by atoms with van der Waals surface area (Å²) in [5.41, 5.74) is 6.08. The molecule has 1 atom stereocenters. The summed E-state index contributed by atoms with van der Waals surface area (Å²) in [4.78, 5) is 15.3. The van der Waals surface area contributed by atoms with E-state index in [9.17, 15) is 4.79 Å². The number of nitrogens with one attached hydrogen (secondary N) is 1. The number of hydrogen-bond acceptors (Lipinski definition) is 5. The summed E-state index contributed by atoms with van der Waals surface area (Å²) in [5.74, 6) is 0.523. The zero-order valence-corrected chi connectivity index (χ0v) is 11.8. The second-order valence-corrected chi connectivity index (χ2v) is 5.33. The minimum Gasteiger partial charge on any atom is -0.494 e. The first-order chi connectivity index (χ1) is 9.08. The van der Waals surface area contributed by atoms with Crippen molar-refractivity contribution in [2.45, 2.75) is 26.3 Å². The Morgan fingerprint density at radius 3 is 3.05 bits per heavy atom. The van der Waals surface area contributed by atoms with Crippen LogP contribution >= 0.6 is 11.3 Å². The number of ether oxygens (including phenoxy) is 1. The fourth-order valence-corrected chi connectivity index (χ4v) is 2.79. The van der Waals surface area contributed by atoms with E-state index in [1.54, 1.807) is 0 Å². The third-order valence-electron chi connectivity index (χ3n) is 2.55. The Morgan fingerprint density at radius 1 is 1.58 bits per heavy atom. The van der Waals surface area contributed by atoms with E-state index in [4.69, 9.17) is 10.5 Å². The lowest BCUT2D eigenvalue weighted by Crippen LogP contribution is -2.23. The standard InChI is InChI=1S/C13H17N3O2S/c1-3-18-9-4-5-10-11(7-9)19-13(16-10)15-8(2)6-12(14)17/h4-5,7-8H,3,6H2,1-2H3,(H2,14,17)(H,15,16). The Hall–Kier alpha value is -1.82. The number of thiazole rings is 1. The first kappa shape index (κ1) is 13.6. The Morgan fingerprint density at radius 2 is 2.37 bits per heavy atom. The van der Waals surface area contributed by atoms with Gasteiger partial charge >= 0.3 is 0 Å². The highest BCUT2D eigenvalue weighted by atomic mass is 32.1. The van der Waals surface area contributed by atoms with Gasteiger partial charge in [-0.3, -0.25) is 4.79 Å². The molecule has 2 rings (SSSR count). The predicted octanol–water partition coefficient (Wildman–Crippen LogP) is 2.37. The van der Waals surface area contributed by atoms with E-state index in [1.807, 2.05) is 32.0 Å². The van der Waals surface area contributed by atoms with Crippen molar-refractivity contribution in [3.05, 3.63) is 18.2 Å². The Balaban J connectivity index is 2.14. The van der Waals surface area contributed by atoms with Gasteiger partial charge in [0.05, 0.1) is 16.8 Å². The van der Waals surface area contributed by atoms with Crippen LogP contribution in [0.15, 0.2) is 18.2 Å². The van der Waals surface area contributed by atoms with Crippen LogP contribution in [0.4, 0.5) is 5.13 Å². The van der Waals surface area contributed by atoms with E-state index >= 15 is 0 Å². The number of nitrogens with zero attached hydrogens (tertiary/aromatic N) is 1. The highest BCUT2D eigenvalue weighted by molar-refractivity contribution is 7.22. The highest BCUT2D eigenvalue weighted by Crippen LogP contribution is 2.29. The van der Waals surface area contributed by atoms with Crippen molar-refractivity contribution in [3.8, 4) is 5.75 Å². The summed E-state index contributed by atoms with van der Waals surface area (Å²) in [5, 5.41) is 3.97. The molecule has 0 fully saturated rings. The summed E-state index contributed by atoms with van der Waals surface area (Å²) >= 11 is 1.54. The largest absolute Gasteiger partial charge is 0.494 e. The molecule has 0 radical (unpaired) electrons. The van der Waals surface area contributed by atoms with Crippen LogP contribution in [0.2, 0.25) is 0 Å². The summed E-state index contributed by atoms with van der Waals surface area (Å²) in [7, 11) is 0. The average Bonchev–Trinajstić information content (AvgIpc) is 2.69. The van der Waals surface area contributed by atoms with Crippen LogP contribution in [-0.2, 0) is 4.79 Å². The molecule has 0 aliphatic rings. The van der Waals surface area contributed by atoms with Crippen molar-refractivity contribution in [2.24, 2.45) is 5.73 Å². The molecule has 1 aromatic carbocycles. The molecule has 102 valence electrons. The van der Waals surface area contributed by atoms with Crippen LogP contribution in [0.25, 0.3) is 10.2 Å². The fraction of sp³-hybridized carbons (Fsp3) is 0.385. The normalized spacial score (nSPS) is 12.3. The maximum absolute atomic E-state index is 10.8. The van der Waals surface area contributed by atoms with E-state index in [1.165, 1.54) is 11.3 Å². The zero-order chi connectivity index (χ0) is 13.8. The van der Waals surface area contributed by atoms with Crippen molar-refractivity contribution < 1.29 is 9.53 Å². The minimum atomic E-state index is -0.320. The molecule has 0 saturated carbocycles. The van der Waals surface area contributed by atoms with E-state index in [0.717, 1.165) is 21.1 Å². The van der Waals surface area contributed by atoms with Gasteiger partial charge < -0.3 is 15.8 Å². The van der Waals surface area contributed by atoms with Gasteiger partial charge in [0.2, 0.25) is 5.91 Å². The summed E-state index contributed by atoms with van der Waals surface area (Å²) in [6.07, 6.45) is 0.292. The first-order valence-corrected chi connectivity index (χ1v) is 6.98. The molecule has 3 N–H and O–H groups in total. The van der Waals surface area contributed by atoms with Gasteiger partial charge in [0.1, 0.15) is 5.75 Å². The van der Waals surface area contributed by atoms with Crippen LogP contribution in [0.5, 0.6) is 5.75 Å². The fourth-order valence-electron chi connectivity index (χ4n) is 1.79. The van der Waals surface area contributed by atoms with Gasteiger partial charge in [-0.1, -0.05) is 11.3 Å². The number of amides is 1. The number of rotatable bonds is 6. The molecule has 1 aromatic heterocycles. The maximum Gasteiger partial charge on any atom is 0.219 e. The van der Waals surface area contributed by atoms with Gasteiger partial charge in [-0.15, -0.1) is 0 Å². The number of anilines is 1. The van der Waals surface area contributed by atoms with Gasteiger partial charge in [-0.25, -0.2) is 4.98 Å². The Labute approximate surface area is 115 Å². The third kappa shape index (κ3) is 3.57. The minimum absolute atomic E-state index is 0.0237. The number of carbonyl (C=O) groups excluding carboxylic acids is 1. The molecule has 19 heavy (non-hydrogen) atoms. The SMILES string of the molecule is CCOc1ccc2nc(NC(C)CC(N)=O)sc2c1. The molecular weight excluding hydrogens is 262 g/mol. The van der Waals surface area contributed by atoms with E-state index in [2.05, 4.69) is 10.3 Å². The summed E-state index contributed by atoms with van der Waals surface area (Å²) < 4.78 is 6.51. The van der Waals surface area contributed by atoms with E-state index in [-0.39, 0.29) is 11.9 Å². The average molecular weight is 279 g/mol. The molecule has 1 heterocycles. The molecule has 0 spiro atoms. The molecule has 0 aliphatic carbocycles. The highest BCUT2D eigenvalue weighted by Gasteiger charge is 2.10. The smallest absolute Gasteiger partial charge is 0.219 e. The molecular formula is C13H17N3O2S. The second-order valence-electron chi connectivity index (χ2n) is 4.30. The molecule has 1 amide bonds. The molecule has 1 unspecified atom stereocenters. The van der Waals surface area contributed by atoms with Crippen LogP contribution in [0, 0.1) is 0 Å². The number of carbonyl (C=O) groups is 1. The number of benzene rings is 1. The van der Waals surface area contributed by atoms with E-state index < -0.39 is 0 Å². The maximum atomic E-state index is 10.8. The molecule has 0 aliphatic heterocycles. The van der Waals surface area contributed by atoms with Crippen molar-refractivity contribution in [2.75, 3.05) is 11.9 Å². The molecule has 2 aromatic rings. The van der Waals surface area contributed by atoms with Crippen LogP contribution in [0.1, 0.15) is 20.3 Å². The lowest BCUT2D eigenvalue weighted by Gasteiger charge is -2.09. The third-order valence-corrected chi connectivity index (χ3v) is 3.50. The van der Waals surface area contributed by atoms with Crippen molar-refractivity contribution in [1.82, 2.24) is 4.98 Å². The zero-order valence-electron chi connectivity index (χ0n) is 11.0. The number of primary amides is 1. The lowest BCUT2D eigenvalue weighted by atomic mass is 10.2. The number of aromatic nitrogens is 1. The lowest BCUT2D eigenvalue weighted by molar-refractivity contribution is -0.118. The topological polar surface area (TPSA) is 77.2 Å². The van der Waals surface area contributed by atoms with Crippen molar-refractivity contribution >= 4 is 32.6 Å². The van der Waals surface area contributed by atoms with Crippen LogP contribution in [0.3, 0.4) is 0 Å². The Bertz CT molecular complexity index is 582. The van der Waals surface area contributed by atoms with Gasteiger partial charge in [0.25, 0.3) is 0 Å². The predicted molar refractivity (Wildman–Crippen MR) is 77.7 cm³/mol. The van der Waals surface area contributed by atoms with Crippen molar-refractivity contribution in [1.29, 1.82) is 0 Å². The Kier molecular flexibility index (Phi) is 4.21. The first-order valence-electron chi connectivity index (χ1n) is 6.16. The molecule has 6 heteroatoms. The molecule has 5 nitrogen and oxygen atoms in total. The summed E-state index contributed by atoms with van der Waals surface area (Å²) in [6.45, 7) is 4.50. The molecule has 0 bridgehead atoms. The van der Waals surface area contributed by atoms with Gasteiger partial charge in [0, 0.05) is 12.5 Å². The quantitative estimate of drug-likeness (QED) is 0.851. The van der Waals surface area contributed by atoms with Gasteiger partial charge in [0.15, 0.2) is 5.13 Å². The second kappa shape index (κ2) is 5.88. The van der Waals surface area contributed by atoms with Gasteiger partial charge in [-0.05, 0) is 32.0 Å². The number of fused-ring (bicyclic) bond motifs is 1. The number of nitrogens with two attached hydrogens (primary N) is 1. The molecule has 0 saturated heterocycles.